The first-order valence-corrected chi connectivity index (χ1v) is 5.56. The van der Waals surface area contributed by atoms with Gasteiger partial charge in [0.2, 0.25) is 11.7 Å². The Morgan fingerprint density at radius 1 is 1.40 bits per heavy atom. The van der Waals surface area contributed by atoms with Crippen molar-refractivity contribution in [3.05, 3.63) is 11.7 Å². The molecule has 5 heteroatoms. The highest BCUT2D eigenvalue weighted by Gasteiger charge is 2.25. The lowest BCUT2D eigenvalue weighted by molar-refractivity contribution is 0.103. The van der Waals surface area contributed by atoms with Gasteiger partial charge in [-0.05, 0) is 31.8 Å². The first-order valence-electron chi connectivity index (χ1n) is 5.56. The second-order valence-corrected chi connectivity index (χ2v) is 4.28. The first kappa shape index (κ1) is 9.30. The molecule has 0 aromatic carbocycles. The van der Waals surface area contributed by atoms with Crippen molar-refractivity contribution < 1.29 is 9.26 Å². The van der Waals surface area contributed by atoms with E-state index in [1.807, 2.05) is 0 Å². The molecule has 2 saturated heterocycles. The molecule has 0 aliphatic carbocycles. The van der Waals surface area contributed by atoms with Crippen molar-refractivity contribution >= 4 is 0 Å². The number of hydrogen-bond acceptors (Lipinski definition) is 5. The van der Waals surface area contributed by atoms with E-state index in [9.17, 15) is 0 Å². The Bertz CT molecular complexity index is 329. The summed E-state index contributed by atoms with van der Waals surface area (Å²) in [4.78, 5) is 4.38. The van der Waals surface area contributed by atoms with Crippen molar-refractivity contribution in [2.75, 3.05) is 19.7 Å². The van der Waals surface area contributed by atoms with Gasteiger partial charge in [-0.15, -0.1) is 0 Å². The van der Waals surface area contributed by atoms with Crippen LogP contribution < -0.4 is 5.32 Å². The van der Waals surface area contributed by atoms with Gasteiger partial charge in [-0.1, -0.05) is 5.16 Å². The molecule has 15 heavy (non-hydrogen) atoms. The van der Waals surface area contributed by atoms with E-state index in [4.69, 9.17) is 9.26 Å². The Morgan fingerprint density at radius 3 is 3.00 bits per heavy atom. The number of rotatable bonds is 3. The third kappa shape index (κ3) is 1.89. The Hall–Kier alpha value is -0.940. The molecule has 3 rings (SSSR count). The van der Waals surface area contributed by atoms with E-state index < -0.39 is 0 Å². The standard InChI is InChI=1S/C10H15N3O2/c1-2-8(14-3-1)10-12-9(15-13-10)4-7-5-11-6-7/h7-8,11H,1-6H2. The third-order valence-electron chi connectivity index (χ3n) is 3.03. The van der Waals surface area contributed by atoms with Gasteiger partial charge < -0.3 is 14.6 Å². The highest BCUT2D eigenvalue weighted by atomic mass is 16.5. The van der Waals surface area contributed by atoms with Crippen LogP contribution in [0.2, 0.25) is 0 Å². The molecule has 1 aromatic rings. The molecular weight excluding hydrogens is 194 g/mol. The zero-order valence-electron chi connectivity index (χ0n) is 8.61. The number of nitrogens with zero attached hydrogens (tertiary/aromatic N) is 2. The van der Waals surface area contributed by atoms with E-state index >= 15 is 0 Å². The SMILES string of the molecule is C1COC(c2noc(CC3CNC3)n2)C1. The molecule has 3 heterocycles. The largest absolute Gasteiger partial charge is 0.370 e. The van der Waals surface area contributed by atoms with Crippen molar-refractivity contribution in [2.45, 2.75) is 25.4 Å². The van der Waals surface area contributed by atoms with Crippen LogP contribution in [-0.4, -0.2) is 29.8 Å². The topological polar surface area (TPSA) is 60.2 Å². The van der Waals surface area contributed by atoms with Crippen LogP contribution in [0, 0.1) is 5.92 Å². The fraction of sp³-hybridized carbons (Fsp3) is 0.800. The van der Waals surface area contributed by atoms with Gasteiger partial charge in [0.05, 0.1) is 0 Å². The van der Waals surface area contributed by atoms with Crippen LogP contribution in [-0.2, 0) is 11.2 Å². The van der Waals surface area contributed by atoms with Crippen LogP contribution in [0.25, 0.3) is 0 Å². The van der Waals surface area contributed by atoms with Crippen LogP contribution >= 0.6 is 0 Å². The summed E-state index contributed by atoms with van der Waals surface area (Å²) in [7, 11) is 0. The quantitative estimate of drug-likeness (QED) is 0.793. The molecule has 1 atom stereocenters. The Morgan fingerprint density at radius 2 is 2.33 bits per heavy atom. The molecule has 0 radical (unpaired) electrons. The molecule has 82 valence electrons. The maximum atomic E-state index is 5.50. The van der Waals surface area contributed by atoms with E-state index in [0.29, 0.717) is 5.92 Å². The molecule has 0 bridgehead atoms. The summed E-state index contributed by atoms with van der Waals surface area (Å²) in [5.74, 6) is 2.16. The number of ether oxygens (including phenoxy) is 1. The summed E-state index contributed by atoms with van der Waals surface area (Å²) in [5, 5.41) is 7.21. The van der Waals surface area contributed by atoms with Crippen molar-refractivity contribution in [2.24, 2.45) is 5.92 Å². The molecular formula is C10H15N3O2. The van der Waals surface area contributed by atoms with Gasteiger partial charge in [-0.3, -0.25) is 0 Å². The van der Waals surface area contributed by atoms with Crippen LogP contribution in [0.3, 0.4) is 0 Å². The summed E-state index contributed by atoms with van der Waals surface area (Å²) in [6.07, 6.45) is 3.08. The molecule has 2 fully saturated rings. The summed E-state index contributed by atoms with van der Waals surface area (Å²) in [5.41, 5.74) is 0. The highest BCUT2D eigenvalue weighted by Crippen LogP contribution is 2.26. The average molecular weight is 209 g/mol. The maximum absolute atomic E-state index is 5.50. The molecule has 5 nitrogen and oxygen atoms in total. The normalized spacial score (nSPS) is 26.8. The second kappa shape index (κ2) is 3.90. The van der Waals surface area contributed by atoms with Crippen LogP contribution in [0.5, 0.6) is 0 Å². The minimum atomic E-state index is 0.0713. The second-order valence-electron chi connectivity index (χ2n) is 4.28. The molecule has 0 spiro atoms. The van der Waals surface area contributed by atoms with Gasteiger partial charge in [-0.25, -0.2) is 0 Å². The highest BCUT2D eigenvalue weighted by molar-refractivity contribution is 4.95. The molecule has 2 aliphatic rings. The Balaban J connectivity index is 1.64. The van der Waals surface area contributed by atoms with Crippen LogP contribution in [0.1, 0.15) is 30.7 Å². The number of aromatic nitrogens is 2. The maximum Gasteiger partial charge on any atom is 0.227 e. The molecule has 1 aromatic heterocycles. The summed E-state index contributed by atoms with van der Waals surface area (Å²) < 4.78 is 10.7. The predicted octanol–water partition coefficient (Wildman–Crippen LogP) is 0.683. The fourth-order valence-corrected chi connectivity index (χ4v) is 2.00. The zero-order valence-corrected chi connectivity index (χ0v) is 8.61. The first-order chi connectivity index (χ1) is 7.42. The van der Waals surface area contributed by atoms with Gasteiger partial charge in [0, 0.05) is 13.0 Å². The number of hydrogen-bond donors (Lipinski definition) is 1. The smallest absolute Gasteiger partial charge is 0.227 e. The van der Waals surface area contributed by atoms with E-state index in [2.05, 4.69) is 15.5 Å². The minimum absolute atomic E-state index is 0.0713. The Labute approximate surface area is 88.2 Å². The molecule has 1 N–H and O–H groups in total. The van der Waals surface area contributed by atoms with Crippen molar-refractivity contribution in [1.29, 1.82) is 0 Å². The molecule has 1 unspecified atom stereocenters. The molecule has 0 amide bonds. The number of nitrogens with one attached hydrogen (secondary N) is 1. The van der Waals surface area contributed by atoms with E-state index in [1.54, 1.807) is 0 Å². The monoisotopic (exact) mass is 209 g/mol. The Kier molecular flexibility index (Phi) is 2.42. The van der Waals surface area contributed by atoms with Gasteiger partial charge in [-0.2, -0.15) is 4.98 Å². The molecule has 2 aliphatic heterocycles. The third-order valence-corrected chi connectivity index (χ3v) is 3.03. The summed E-state index contributed by atoms with van der Waals surface area (Å²) in [6.45, 7) is 2.95. The van der Waals surface area contributed by atoms with Crippen molar-refractivity contribution in [3.63, 3.8) is 0 Å². The summed E-state index contributed by atoms with van der Waals surface area (Å²) >= 11 is 0. The minimum Gasteiger partial charge on any atom is -0.370 e. The van der Waals surface area contributed by atoms with E-state index in [-0.39, 0.29) is 6.10 Å². The van der Waals surface area contributed by atoms with Crippen molar-refractivity contribution in [1.82, 2.24) is 15.5 Å². The van der Waals surface area contributed by atoms with Gasteiger partial charge in [0.1, 0.15) is 6.10 Å². The summed E-state index contributed by atoms with van der Waals surface area (Å²) in [6, 6.07) is 0. The van der Waals surface area contributed by atoms with Gasteiger partial charge in [0.25, 0.3) is 0 Å². The van der Waals surface area contributed by atoms with Gasteiger partial charge in [0.15, 0.2) is 0 Å². The zero-order chi connectivity index (χ0) is 10.1. The fourth-order valence-electron chi connectivity index (χ4n) is 2.00. The predicted molar refractivity (Wildman–Crippen MR) is 52.3 cm³/mol. The average Bonchev–Trinajstić information content (AvgIpc) is 2.82. The lowest BCUT2D eigenvalue weighted by Gasteiger charge is -2.25. The van der Waals surface area contributed by atoms with Crippen molar-refractivity contribution in [3.8, 4) is 0 Å². The van der Waals surface area contributed by atoms with Crippen LogP contribution in [0.15, 0.2) is 4.52 Å². The van der Waals surface area contributed by atoms with Gasteiger partial charge >= 0.3 is 0 Å². The molecule has 0 saturated carbocycles. The lowest BCUT2D eigenvalue weighted by atomic mass is 10.00. The van der Waals surface area contributed by atoms with E-state index in [1.165, 1.54) is 0 Å². The van der Waals surface area contributed by atoms with E-state index in [0.717, 1.165) is 50.7 Å². The van der Waals surface area contributed by atoms with Crippen LogP contribution in [0.4, 0.5) is 0 Å². The lowest BCUT2D eigenvalue weighted by Crippen LogP contribution is -2.43.